The van der Waals surface area contributed by atoms with Gasteiger partial charge in [-0.25, -0.2) is 4.98 Å². The van der Waals surface area contributed by atoms with Crippen LogP contribution in [0.3, 0.4) is 0 Å². The van der Waals surface area contributed by atoms with Crippen molar-refractivity contribution in [3.8, 4) is 11.5 Å². The third-order valence-corrected chi connectivity index (χ3v) is 3.89. The lowest BCUT2D eigenvalue weighted by molar-refractivity contribution is -0.121. The zero-order chi connectivity index (χ0) is 18.4. The van der Waals surface area contributed by atoms with E-state index in [0.29, 0.717) is 48.3 Å². The number of nitrogens with two attached hydrogens (primary N) is 1. The third-order valence-electron chi connectivity index (χ3n) is 3.89. The van der Waals surface area contributed by atoms with Crippen LogP contribution in [0.15, 0.2) is 23.3 Å². The number of ether oxygens (including phenoxy) is 2. The molecule has 0 fully saturated rings. The monoisotopic (exact) mass is 384 g/mol. The minimum Gasteiger partial charge on any atom is -0.493 e. The highest BCUT2D eigenvalue weighted by molar-refractivity contribution is 5.85. The van der Waals surface area contributed by atoms with Crippen LogP contribution in [0, 0.1) is 0 Å². The fourth-order valence-electron chi connectivity index (χ4n) is 2.46. The molecule has 0 aliphatic carbocycles. The molecule has 0 saturated carbocycles. The summed E-state index contributed by atoms with van der Waals surface area (Å²) in [5.41, 5.74) is 5.83. The van der Waals surface area contributed by atoms with Gasteiger partial charge in [-0.3, -0.25) is 14.2 Å². The summed E-state index contributed by atoms with van der Waals surface area (Å²) in [5, 5.41) is 3.24. The Kier molecular flexibility index (Phi) is 8.34. The molecule has 0 unspecified atom stereocenters. The van der Waals surface area contributed by atoms with Gasteiger partial charge in [-0.15, -0.1) is 12.4 Å². The number of halogens is 1. The molecule has 0 spiro atoms. The van der Waals surface area contributed by atoms with Gasteiger partial charge in [0.1, 0.15) is 0 Å². The maximum absolute atomic E-state index is 12.6. The molecule has 1 aromatic carbocycles. The number of carbonyl (C=O) groups is 1. The van der Waals surface area contributed by atoms with Gasteiger partial charge in [0.15, 0.2) is 11.5 Å². The van der Waals surface area contributed by atoms with Gasteiger partial charge in [0.05, 0.1) is 31.4 Å². The smallest absolute Gasteiger partial charge is 0.261 e. The lowest BCUT2D eigenvalue weighted by Gasteiger charge is -2.12. The van der Waals surface area contributed by atoms with Crippen molar-refractivity contribution in [3.05, 3.63) is 28.8 Å². The number of rotatable bonds is 8. The molecule has 1 atom stereocenters. The van der Waals surface area contributed by atoms with Crippen LogP contribution < -0.4 is 26.1 Å². The van der Waals surface area contributed by atoms with E-state index < -0.39 is 0 Å². The van der Waals surface area contributed by atoms with E-state index in [-0.39, 0.29) is 29.9 Å². The standard InChI is InChI=1S/C17H24N4O4.ClH/c1-11(9-18)20-16(22)5-4-6-21-10-19-13-8-15(25-3)14(24-2)7-12(13)17(21)23;/h7-8,10-11H,4-6,9,18H2,1-3H3,(H,20,22);1H/t11-;/m0./s1. The van der Waals surface area contributed by atoms with Crippen molar-refractivity contribution in [1.82, 2.24) is 14.9 Å². The fraction of sp³-hybridized carbons (Fsp3) is 0.471. The summed E-state index contributed by atoms with van der Waals surface area (Å²) in [7, 11) is 3.04. The Morgan fingerprint density at radius 2 is 1.96 bits per heavy atom. The molecule has 1 amide bonds. The number of aromatic nitrogens is 2. The molecule has 2 rings (SSSR count). The van der Waals surface area contributed by atoms with Crippen molar-refractivity contribution >= 4 is 29.2 Å². The number of carbonyl (C=O) groups excluding carboxylic acids is 1. The van der Waals surface area contributed by atoms with Gasteiger partial charge in [-0.2, -0.15) is 0 Å². The van der Waals surface area contributed by atoms with Crippen LogP contribution in [0.1, 0.15) is 19.8 Å². The van der Waals surface area contributed by atoms with Gasteiger partial charge in [0.25, 0.3) is 5.56 Å². The minimum atomic E-state index is -0.179. The number of nitrogens with zero attached hydrogens (tertiary/aromatic N) is 2. The Labute approximate surface area is 158 Å². The van der Waals surface area contributed by atoms with Crippen molar-refractivity contribution in [3.63, 3.8) is 0 Å². The van der Waals surface area contributed by atoms with Gasteiger partial charge in [-0.1, -0.05) is 0 Å². The normalized spacial score (nSPS) is 11.5. The summed E-state index contributed by atoms with van der Waals surface area (Å²) in [5.74, 6) is 0.915. The largest absolute Gasteiger partial charge is 0.493 e. The van der Waals surface area contributed by atoms with Crippen LogP contribution in [0.5, 0.6) is 11.5 Å². The molecule has 3 N–H and O–H groups in total. The second-order valence-electron chi connectivity index (χ2n) is 5.78. The van der Waals surface area contributed by atoms with E-state index in [1.54, 1.807) is 12.1 Å². The highest BCUT2D eigenvalue weighted by atomic mass is 35.5. The summed E-state index contributed by atoms with van der Waals surface area (Å²) in [6, 6.07) is 3.23. The van der Waals surface area contributed by atoms with Crippen LogP contribution >= 0.6 is 12.4 Å². The average molecular weight is 385 g/mol. The van der Waals surface area contributed by atoms with Crippen LogP contribution in [0.2, 0.25) is 0 Å². The van der Waals surface area contributed by atoms with Crippen molar-refractivity contribution < 1.29 is 14.3 Å². The summed E-state index contributed by atoms with van der Waals surface area (Å²) in [6.07, 6.45) is 2.33. The number of fused-ring (bicyclic) bond motifs is 1. The first kappa shape index (κ1) is 21.7. The Bertz CT molecular complexity index is 809. The fourth-order valence-corrected chi connectivity index (χ4v) is 2.46. The molecule has 1 heterocycles. The van der Waals surface area contributed by atoms with Crippen molar-refractivity contribution in [2.75, 3.05) is 20.8 Å². The summed E-state index contributed by atoms with van der Waals surface area (Å²) >= 11 is 0. The van der Waals surface area contributed by atoms with Gasteiger partial charge >= 0.3 is 0 Å². The van der Waals surface area contributed by atoms with Crippen molar-refractivity contribution in [1.29, 1.82) is 0 Å². The Morgan fingerprint density at radius 3 is 2.58 bits per heavy atom. The summed E-state index contributed by atoms with van der Waals surface area (Å²) in [6.45, 7) is 2.64. The van der Waals surface area contributed by atoms with E-state index in [2.05, 4.69) is 10.3 Å². The number of aryl methyl sites for hydroxylation is 1. The molecular formula is C17H25ClN4O4. The first-order valence-corrected chi connectivity index (χ1v) is 8.10. The highest BCUT2D eigenvalue weighted by Gasteiger charge is 2.11. The number of hydrogen-bond acceptors (Lipinski definition) is 6. The van der Waals surface area contributed by atoms with Gasteiger partial charge in [0, 0.05) is 31.6 Å². The third kappa shape index (κ3) is 5.09. The molecule has 0 bridgehead atoms. The molecule has 9 heteroatoms. The highest BCUT2D eigenvalue weighted by Crippen LogP contribution is 2.29. The molecule has 1 aromatic heterocycles. The first-order valence-electron chi connectivity index (χ1n) is 8.10. The van der Waals surface area contributed by atoms with Gasteiger partial charge in [0.2, 0.25) is 5.91 Å². The van der Waals surface area contributed by atoms with Gasteiger partial charge in [-0.05, 0) is 19.4 Å². The number of hydrogen-bond donors (Lipinski definition) is 2. The predicted molar refractivity (Wildman–Crippen MR) is 102 cm³/mol. The van der Waals surface area contributed by atoms with E-state index in [1.807, 2.05) is 6.92 Å². The number of amides is 1. The number of benzene rings is 1. The molecule has 144 valence electrons. The molecule has 8 nitrogen and oxygen atoms in total. The zero-order valence-corrected chi connectivity index (χ0v) is 16.0. The Balaban J connectivity index is 0.00000338. The summed E-state index contributed by atoms with van der Waals surface area (Å²) in [4.78, 5) is 28.7. The topological polar surface area (TPSA) is 108 Å². The summed E-state index contributed by atoms with van der Waals surface area (Å²) < 4.78 is 11.9. The molecule has 0 aliphatic heterocycles. The maximum Gasteiger partial charge on any atom is 0.261 e. The predicted octanol–water partition coefficient (Wildman–Crippen LogP) is 1.08. The Morgan fingerprint density at radius 1 is 1.31 bits per heavy atom. The SMILES string of the molecule is COc1cc2ncn(CCCC(=O)N[C@@H](C)CN)c(=O)c2cc1OC.Cl. The van der Waals surface area contributed by atoms with Crippen molar-refractivity contribution in [2.24, 2.45) is 5.73 Å². The van der Waals surface area contributed by atoms with Crippen LogP contribution in [0.4, 0.5) is 0 Å². The minimum absolute atomic E-state index is 0. The second-order valence-corrected chi connectivity index (χ2v) is 5.78. The lowest BCUT2D eigenvalue weighted by Crippen LogP contribution is -2.37. The van der Waals surface area contributed by atoms with Crippen LogP contribution in [-0.4, -0.2) is 42.3 Å². The molecular weight excluding hydrogens is 360 g/mol. The number of nitrogens with one attached hydrogen (secondary N) is 1. The first-order chi connectivity index (χ1) is 12.0. The quantitative estimate of drug-likeness (QED) is 0.705. The zero-order valence-electron chi connectivity index (χ0n) is 15.2. The van der Waals surface area contributed by atoms with Gasteiger partial charge < -0.3 is 20.5 Å². The van der Waals surface area contributed by atoms with E-state index >= 15 is 0 Å². The molecule has 0 radical (unpaired) electrons. The van der Waals surface area contributed by atoms with E-state index in [1.165, 1.54) is 25.1 Å². The molecule has 0 saturated heterocycles. The maximum atomic E-state index is 12.6. The van der Waals surface area contributed by atoms with Crippen molar-refractivity contribution in [2.45, 2.75) is 32.4 Å². The molecule has 0 aliphatic rings. The van der Waals surface area contributed by atoms with Crippen LogP contribution in [0.25, 0.3) is 10.9 Å². The van der Waals surface area contributed by atoms with E-state index in [9.17, 15) is 9.59 Å². The van der Waals surface area contributed by atoms with Crippen LogP contribution in [-0.2, 0) is 11.3 Å². The van der Waals surface area contributed by atoms with E-state index in [0.717, 1.165) is 0 Å². The molecule has 2 aromatic rings. The lowest BCUT2D eigenvalue weighted by atomic mass is 10.2. The van der Waals surface area contributed by atoms with E-state index in [4.69, 9.17) is 15.2 Å². The Hall–Kier alpha value is -2.32. The number of methoxy groups -OCH3 is 2. The average Bonchev–Trinajstić information content (AvgIpc) is 2.62. The second kappa shape index (κ2) is 9.98. The molecule has 26 heavy (non-hydrogen) atoms.